The number of rotatable bonds is 7. The Morgan fingerprint density at radius 1 is 0.969 bits per heavy atom. The lowest BCUT2D eigenvalue weighted by molar-refractivity contribution is 0.0941. The number of hydrogen-bond acceptors (Lipinski definition) is 6. The second-order valence-electron chi connectivity index (χ2n) is 6.94. The average molecular weight is 450 g/mol. The van der Waals surface area contributed by atoms with Crippen LogP contribution in [0.4, 0.5) is 4.39 Å². The molecule has 4 rings (SSSR count). The van der Waals surface area contributed by atoms with Crippen LogP contribution in [-0.2, 0) is 13.1 Å². The highest BCUT2D eigenvalue weighted by Crippen LogP contribution is 2.21. The number of carbonyl (C=O) groups excluding carboxylic acids is 2. The molecule has 162 valence electrons. The Balaban J connectivity index is 1.39. The number of amides is 2. The Kier molecular flexibility index (Phi) is 6.31. The molecule has 2 amide bonds. The van der Waals surface area contributed by atoms with Gasteiger partial charge in [-0.3, -0.25) is 9.59 Å². The van der Waals surface area contributed by atoms with E-state index < -0.39 is 5.91 Å². The van der Waals surface area contributed by atoms with Crippen LogP contribution < -0.4 is 10.6 Å². The van der Waals surface area contributed by atoms with Gasteiger partial charge in [0.25, 0.3) is 11.8 Å². The zero-order chi connectivity index (χ0) is 22.5. The number of nitrogens with one attached hydrogen (secondary N) is 2. The highest BCUT2D eigenvalue weighted by molar-refractivity contribution is 7.16. The normalized spacial score (nSPS) is 10.7. The maximum atomic E-state index is 13.0. The van der Waals surface area contributed by atoms with Gasteiger partial charge in [-0.1, -0.05) is 59.0 Å². The monoisotopic (exact) mass is 450 g/mol. The van der Waals surface area contributed by atoms with Gasteiger partial charge in [0.1, 0.15) is 10.7 Å². The lowest BCUT2D eigenvalue weighted by Crippen LogP contribution is -2.23. The standard InChI is InChI=1S/C22H19FN6O2S/c1-14-19(21(31)25-11-15-5-3-2-4-6-15)32-22(26-14)29-13-18(27-28-29)20(30)24-12-16-7-9-17(23)10-8-16/h2-10,13H,11-12H2,1H3,(H,24,30)(H,25,31). The summed E-state index contributed by atoms with van der Waals surface area (Å²) in [6, 6.07) is 15.5. The summed E-state index contributed by atoms with van der Waals surface area (Å²) < 4.78 is 14.3. The molecule has 2 aromatic carbocycles. The van der Waals surface area contributed by atoms with Crippen molar-refractivity contribution in [3.05, 3.63) is 94.0 Å². The molecule has 2 heterocycles. The summed E-state index contributed by atoms with van der Waals surface area (Å²) in [7, 11) is 0. The highest BCUT2D eigenvalue weighted by atomic mass is 32.1. The van der Waals surface area contributed by atoms with E-state index in [0.29, 0.717) is 22.2 Å². The van der Waals surface area contributed by atoms with Crippen molar-refractivity contribution in [3.8, 4) is 5.13 Å². The van der Waals surface area contributed by atoms with Gasteiger partial charge < -0.3 is 10.6 Å². The van der Waals surface area contributed by atoms with E-state index in [4.69, 9.17) is 0 Å². The van der Waals surface area contributed by atoms with Crippen LogP contribution in [0.5, 0.6) is 0 Å². The van der Waals surface area contributed by atoms with Crippen LogP contribution in [-0.4, -0.2) is 31.8 Å². The van der Waals surface area contributed by atoms with Gasteiger partial charge in [-0.15, -0.1) is 5.10 Å². The second kappa shape index (κ2) is 9.48. The van der Waals surface area contributed by atoms with Crippen molar-refractivity contribution in [3.63, 3.8) is 0 Å². The van der Waals surface area contributed by atoms with E-state index in [1.807, 2.05) is 30.3 Å². The quantitative estimate of drug-likeness (QED) is 0.451. The molecular weight excluding hydrogens is 431 g/mol. The zero-order valence-electron chi connectivity index (χ0n) is 17.1. The van der Waals surface area contributed by atoms with Crippen molar-refractivity contribution < 1.29 is 14.0 Å². The number of hydrogen-bond donors (Lipinski definition) is 2. The molecule has 0 saturated carbocycles. The molecule has 32 heavy (non-hydrogen) atoms. The van der Waals surface area contributed by atoms with Crippen molar-refractivity contribution >= 4 is 23.2 Å². The Morgan fingerprint density at radius 2 is 1.62 bits per heavy atom. The molecule has 8 nitrogen and oxygen atoms in total. The summed E-state index contributed by atoms with van der Waals surface area (Å²) in [6.45, 7) is 2.38. The Labute approximate surface area is 187 Å². The molecule has 10 heteroatoms. The van der Waals surface area contributed by atoms with E-state index in [1.54, 1.807) is 19.1 Å². The third-order valence-corrected chi connectivity index (χ3v) is 5.72. The van der Waals surface area contributed by atoms with Gasteiger partial charge in [0.05, 0.1) is 11.9 Å². The first-order valence-electron chi connectivity index (χ1n) is 9.74. The van der Waals surface area contributed by atoms with Gasteiger partial charge >= 0.3 is 0 Å². The maximum Gasteiger partial charge on any atom is 0.273 e. The Hall–Kier alpha value is -3.92. The van der Waals surface area contributed by atoms with E-state index in [1.165, 1.54) is 23.0 Å². The molecule has 0 aliphatic rings. The number of nitrogens with zero attached hydrogens (tertiary/aromatic N) is 4. The summed E-state index contributed by atoms with van der Waals surface area (Å²) in [5.74, 6) is -0.989. The molecule has 0 saturated heterocycles. The van der Waals surface area contributed by atoms with Crippen molar-refractivity contribution in [2.45, 2.75) is 20.0 Å². The molecule has 0 aliphatic heterocycles. The SMILES string of the molecule is Cc1nc(-n2cc(C(=O)NCc3ccc(F)cc3)nn2)sc1C(=O)NCc1ccccc1. The van der Waals surface area contributed by atoms with Gasteiger partial charge in [-0.05, 0) is 30.2 Å². The number of benzene rings is 2. The molecule has 2 aromatic heterocycles. The van der Waals surface area contributed by atoms with Crippen LogP contribution in [0.1, 0.15) is 37.0 Å². The molecule has 0 radical (unpaired) electrons. The summed E-state index contributed by atoms with van der Waals surface area (Å²) in [5.41, 5.74) is 2.42. The van der Waals surface area contributed by atoms with Crippen LogP contribution in [0.25, 0.3) is 5.13 Å². The van der Waals surface area contributed by atoms with Crippen molar-refractivity contribution in [2.75, 3.05) is 0 Å². The van der Waals surface area contributed by atoms with Gasteiger partial charge in [-0.25, -0.2) is 9.37 Å². The van der Waals surface area contributed by atoms with Crippen molar-refractivity contribution in [1.82, 2.24) is 30.6 Å². The third-order valence-electron chi connectivity index (χ3n) is 4.58. The number of halogens is 1. The molecule has 0 atom stereocenters. The lowest BCUT2D eigenvalue weighted by Gasteiger charge is -2.03. The molecule has 0 aliphatic carbocycles. The van der Waals surface area contributed by atoms with Gasteiger partial charge in [0.15, 0.2) is 5.69 Å². The predicted octanol–water partition coefficient (Wildman–Crippen LogP) is 3.03. The molecule has 0 spiro atoms. The Morgan fingerprint density at radius 3 is 2.34 bits per heavy atom. The molecule has 2 N–H and O–H groups in total. The minimum Gasteiger partial charge on any atom is -0.347 e. The van der Waals surface area contributed by atoms with E-state index in [2.05, 4.69) is 25.9 Å². The van der Waals surface area contributed by atoms with Crippen LogP contribution in [0, 0.1) is 12.7 Å². The summed E-state index contributed by atoms with van der Waals surface area (Å²) in [6.07, 6.45) is 1.45. The van der Waals surface area contributed by atoms with Crippen LogP contribution in [0.3, 0.4) is 0 Å². The molecule has 0 fully saturated rings. The minimum atomic E-state index is -0.422. The molecule has 0 unspecified atom stereocenters. The molecule has 4 aromatic rings. The first-order valence-corrected chi connectivity index (χ1v) is 10.6. The highest BCUT2D eigenvalue weighted by Gasteiger charge is 2.18. The van der Waals surface area contributed by atoms with Gasteiger partial charge in [-0.2, -0.15) is 4.68 Å². The Bertz CT molecular complexity index is 1240. The fraction of sp³-hybridized carbons (Fsp3) is 0.136. The smallest absolute Gasteiger partial charge is 0.273 e. The lowest BCUT2D eigenvalue weighted by atomic mass is 10.2. The minimum absolute atomic E-state index is 0.107. The summed E-state index contributed by atoms with van der Waals surface area (Å²) in [5, 5.41) is 13.9. The third kappa shape index (κ3) is 5.03. The first kappa shape index (κ1) is 21.3. The van der Waals surface area contributed by atoms with E-state index in [0.717, 1.165) is 22.5 Å². The number of aromatic nitrogens is 4. The van der Waals surface area contributed by atoms with E-state index >= 15 is 0 Å². The maximum absolute atomic E-state index is 13.0. The fourth-order valence-corrected chi connectivity index (χ4v) is 3.79. The second-order valence-corrected chi connectivity index (χ2v) is 7.91. The van der Waals surface area contributed by atoms with Gasteiger partial charge in [0.2, 0.25) is 5.13 Å². The number of carbonyl (C=O) groups is 2. The first-order chi connectivity index (χ1) is 15.5. The van der Waals surface area contributed by atoms with Crippen LogP contribution in [0.2, 0.25) is 0 Å². The van der Waals surface area contributed by atoms with Gasteiger partial charge in [0, 0.05) is 13.1 Å². The fourth-order valence-electron chi connectivity index (χ4n) is 2.89. The molecule has 0 bridgehead atoms. The van der Waals surface area contributed by atoms with E-state index in [-0.39, 0.29) is 24.0 Å². The van der Waals surface area contributed by atoms with Crippen LogP contribution >= 0.6 is 11.3 Å². The predicted molar refractivity (Wildman–Crippen MR) is 117 cm³/mol. The van der Waals surface area contributed by atoms with Crippen molar-refractivity contribution in [2.24, 2.45) is 0 Å². The van der Waals surface area contributed by atoms with Crippen molar-refractivity contribution in [1.29, 1.82) is 0 Å². The number of aryl methyl sites for hydroxylation is 1. The summed E-state index contributed by atoms with van der Waals surface area (Å²) in [4.78, 5) is 29.8. The summed E-state index contributed by atoms with van der Waals surface area (Å²) >= 11 is 1.16. The zero-order valence-corrected chi connectivity index (χ0v) is 17.9. The number of thiazole rings is 1. The largest absolute Gasteiger partial charge is 0.347 e. The molecular formula is C22H19FN6O2S. The van der Waals surface area contributed by atoms with Crippen LogP contribution in [0.15, 0.2) is 60.8 Å². The van der Waals surface area contributed by atoms with E-state index in [9.17, 15) is 14.0 Å². The average Bonchev–Trinajstić information content (AvgIpc) is 3.45. The topological polar surface area (TPSA) is 102 Å².